The number of hydrogen-bond donors (Lipinski definition) is 1. The van der Waals surface area contributed by atoms with Gasteiger partial charge in [0.1, 0.15) is 11.5 Å². The summed E-state index contributed by atoms with van der Waals surface area (Å²) in [6.07, 6.45) is 4.47. The van der Waals surface area contributed by atoms with Gasteiger partial charge in [0.25, 0.3) is 5.91 Å². The van der Waals surface area contributed by atoms with Gasteiger partial charge in [0.05, 0.1) is 23.1 Å². The molecule has 1 aliphatic heterocycles. The number of carbonyl (C=O) groups excluding carboxylic acids is 4. The van der Waals surface area contributed by atoms with E-state index in [0.717, 1.165) is 0 Å². The lowest BCUT2D eigenvalue weighted by molar-refractivity contribution is -0.123. The van der Waals surface area contributed by atoms with E-state index < -0.39 is 18.5 Å². The number of fused-ring (bicyclic) bond motifs is 1. The van der Waals surface area contributed by atoms with Crippen molar-refractivity contribution in [2.75, 3.05) is 16.8 Å². The Morgan fingerprint density at radius 2 is 1.58 bits per heavy atom. The topological polar surface area (TPSA) is 102 Å². The van der Waals surface area contributed by atoms with Crippen molar-refractivity contribution in [2.45, 2.75) is 13.3 Å². The molecule has 0 aromatic heterocycles. The fraction of sp³-hybridized carbons (Fsp3) is 0.200. The summed E-state index contributed by atoms with van der Waals surface area (Å²) in [5.74, 6) is -1.02. The van der Waals surface area contributed by atoms with Gasteiger partial charge in [0, 0.05) is 5.69 Å². The Morgan fingerprint density at radius 1 is 0.895 bits per heavy atom. The molecule has 0 radical (unpaired) electrons. The van der Waals surface area contributed by atoms with Gasteiger partial charge in [-0.25, -0.2) is 4.79 Å². The van der Waals surface area contributed by atoms with Gasteiger partial charge < -0.3 is 14.8 Å². The standard InChI is InChI=1S/C30H26N2O6/c1-19-6-5-9-25-27(19)29(35)32(28(25)34)22-14-10-20(11-15-22)30(36)37-18-26(33)31-21-12-16-24(17-13-21)38-23-7-3-2-4-8-23/h2-8,10-17,19,25,27H,9,18H2,1H3,(H,31,33)/t19-,25-,27+/m1/s1. The number of nitrogens with zero attached hydrogens (tertiary/aromatic N) is 1. The van der Waals surface area contributed by atoms with Gasteiger partial charge in [-0.15, -0.1) is 0 Å². The second-order valence-electron chi connectivity index (χ2n) is 9.28. The van der Waals surface area contributed by atoms with E-state index in [1.54, 1.807) is 36.4 Å². The second-order valence-corrected chi connectivity index (χ2v) is 9.28. The molecule has 1 saturated heterocycles. The van der Waals surface area contributed by atoms with Crippen LogP contribution in [-0.2, 0) is 19.1 Å². The number of hydrogen-bond acceptors (Lipinski definition) is 6. The smallest absolute Gasteiger partial charge is 0.338 e. The highest BCUT2D eigenvalue weighted by Gasteiger charge is 2.50. The molecule has 3 aromatic rings. The van der Waals surface area contributed by atoms with Crippen molar-refractivity contribution in [2.24, 2.45) is 17.8 Å². The minimum absolute atomic E-state index is 0.00356. The van der Waals surface area contributed by atoms with Crippen molar-refractivity contribution in [3.05, 3.63) is 96.6 Å². The van der Waals surface area contributed by atoms with Gasteiger partial charge in [-0.3, -0.25) is 19.3 Å². The number of carbonyl (C=O) groups is 4. The number of rotatable bonds is 7. The third-order valence-electron chi connectivity index (χ3n) is 6.69. The molecule has 1 aliphatic carbocycles. The number of ether oxygens (including phenoxy) is 2. The van der Waals surface area contributed by atoms with Crippen LogP contribution in [0.1, 0.15) is 23.7 Å². The Balaban J connectivity index is 1.13. The zero-order valence-corrected chi connectivity index (χ0v) is 20.7. The van der Waals surface area contributed by atoms with E-state index in [-0.39, 0.29) is 35.1 Å². The number of benzene rings is 3. The van der Waals surface area contributed by atoms with Crippen molar-refractivity contribution in [1.29, 1.82) is 0 Å². The lowest BCUT2D eigenvalue weighted by atomic mass is 9.78. The van der Waals surface area contributed by atoms with Crippen LogP contribution in [0.4, 0.5) is 11.4 Å². The van der Waals surface area contributed by atoms with Gasteiger partial charge >= 0.3 is 5.97 Å². The number of amides is 3. The molecule has 3 amide bonds. The summed E-state index contributed by atoms with van der Waals surface area (Å²) in [6, 6.07) is 22.2. The van der Waals surface area contributed by atoms with Crippen LogP contribution in [0.25, 0.3) is 0 Å². The first-order valence-corrected chi connectivity index (χ1v) is 12.3. The highest BCUT2D eigenvalue weighted by atomic mass is 16.5. The summed E-state index contributed by atoms with van der Waals surface area (Å²) in [7, 11) is 0. The number of esters is 1. The van der Waals surface area contributed by atoms with Gasteiger partial charge in [0.2, 0.25) is 11.8 Å². The fourth-order valence-corrected chi connectivity index (χ4v) is 4.79. The second kappa shape index (κ2) is 10.7. The summed E-state index contributed by atoms with van der Waals surface area (Å²) in [4.78, 5) is 51.7. The Morgan fingerprint density at radius 3 is 2.26 bits per heavy atom. The first kappa shape index (κ1) is 25.0. The number of para-hydroxylation sites is 1. The minimum Gasteiger partial charge on any atom is -0.457 e. The first-order valence-electron chi connectivity index (χ1n) is 12.3. The first-order chi connectivity index (χ1) is 18.4. The molecule has 0 bridgehead atoms. The van der Waals surface area contributed by atoms with Crippen molar-refractivity contribution in [1.82, 2.24) is 0 Å². The number of allylic oxidation sites excluding steroid dienone is 2. The molecular weight excluding hydrogens is 484 g/mol. The Hall–Kier alpha value is -4.72. The van der Waals surface area contributed by atoms with E-state index in [2.05, 4.69) is 5.32 Å². The van der Waals surface area contributed by atoms with Crippen LogP contribution in [0.2, 0.25) is 0 Å². The van der Waals surface area contributed by atoms with Crippen LogP contribution in [-0.4, -0.2) is 30.3 Å². The third kappa shape index (κ3) is 5.20. The molecule has 38 heavy (non-hydrogen) atoms. The SMILES string of the molecule is C[C@@H]1C=CC[C@H]2C(=O)N(c3ccc(C(=O)OCC(=O)Nc4ccc(Oc5ccccc5)cc4)cc3)C(=O)[C@@H]12. The van der Waals surface area contributed by atoms with Crippen LogP contribution < -0.4 is 15.0 Å². The fourth-order valence-electron chi connectivity index (χ4n) is 4.79. The molecule has 192 valence electrons. The number of imide groups is 1. The van der Waals surface area contributed by atoms with Crippen molar-refractivity contribution >= 4 is 35.1 Å². The highest BCUT2D eigenvalue weighted by molar-refractivity contribution is 6.22. The molecule has 8 nitrogen and oxygen atoms in total. The molecule has 1 heterocycles. The Labute approximate surface area is 219 Å². The zero-order chi connectivity index (χ0) is 26.6. The van der Waals surface area contributed by atoms with E-state index in [1.165, 1.54) is 17.0 Å². The average molecular weight is 511 g/mol. The molecular formula is C30H26N2O6. The van der Waals surface area contributed by atoms with Crippen LogP contribution in [0.15, 0.2) is 91.0 Å². The minimum atomic E-state index is -0.691. The van der Waals surface area contributed by atoms with Crippen LogP contribution in [0.3, 0.4) is 0 Å². The van der Waals surface area contributed by atoms with Crippen LogP contribution in [0, 0.1) is 17.8 Å². The van der Waals surface area contributed by atoms with Gasteiger partial charge in [-0.1, -0.05) is 37.3 Å². The lowest BCUT2D eigenvalue weighted by Gasteiger charge is -2.22. The number of anilines is 2. The predicted octanol–water partition coefficient (Wildman–Crippen LogP) is 4.98. The molecule has 8 heteroatoms. The summed E-state index contributed by atoms with van der Waals surface area (Å²) in [6.45, 7) is 1.47. The molecule has 5 rings (SSSR count). The normalized spacial score (nSPS) is 20.1. The van der Waals surface area contributed by atoms with Crippen molar-refractivity contribution in [3.8, 4) is 11.5 Å². The van der Waals surface area contributed by atoms with Crippen molar-refractivity contribution in [3.63, 3.8) is 0 Å². The van der Waals surface area contributed by atoms with Crippen LogP contribution >= 0.6 is 0 Å². The highest BCUT2D eigenvalue weighted by Crippen LogP contribution is 2.40. The summed E-state index contributed by atoms with van der Waals surface area (Å²) >= 11 is 0. The maximum Gasteiger partial charge on any atom is 0.338 e. The quantitative estimate of drug-likeness (QED) is 0.273. The molecule has 0 unspecified atom stereocenters. The summed E-state index contributed by atoms with van der Waals surface area (Å²) < 4.78 is 10.9. The van der Waals surface area contributed by atoms with E-state index in [0.29, 0.717) is 29.3 Å². The molecule has 0 spiro atoms. The maximum atomic E-state index is 12.9. The summed E-state index contributed by atoms with van der Waals surface area (Å²) in [5, 5.41) is 2.67. The largest absolute Gasteiger partial charge is 0.457 e. The van der Waals surface area contributed by atoms with E-state index in [9.17, 15) is 19.2 Å². The maximum absolute atomic E-state index is 12.9. The van der Waals surface area contributed by atoms with Crippen molar-refractivity contribution < 1.29 is 28.7 Å². The van der Waals surface area contributed by atoms with Crippen LogP contribution in [0.5, 0.6) is 11.5 Å². The monoisotopic (exact) mass is 510 g/mol. The lowest BCUT2D eigenvalue weighted by Crippen LogP contribution is -2.31. The van der Waals surface area contributed by atoms with E-state index in [4.69, 9.17) is 9.47 Å². The third-order valence-corrected chi connectivity index (χ3v) is 6.69. The molecule has 1 fully saturated rings. The predicted molar refractivity (Wildman–Crippen MR) is 141 cm³/mol. The zero-order valence-electron chi connectivity index (χ0n) is 20.7. The Kier molecular flexibility index (Phi) is 7.04. The molecule has 2 aliphatic rings. The Bertz CT molecular complexity index is 1380. The molecule has 0 saturated carbocycles. The van der Waals surface area contributed by atoms with Gasteiger partial charge in [-0.2, -0.15) is 0 Å². The van der Waals surface area contributed by atoms with E-state index in [1.807, 2.05) is 49.4 Å². The summed E-state index contributed by atoms with van der Waals surface area (Å²) in [5.41, 5.74) is 1.15. The molecule has 3 aromatic carbocycles. The van der Waals surface area contributed by atoms with Gasteiger partial charge in [-0.05, 0) is 73.0 Å². The molecule has 1 N–H and O–H groups in total. The van der Waals surface area contributed by atoms with Gasteiger partial charge in [0.15, 0.2) is 6.61 Å². The average Bonchev–Trinajstić information content (AvgIpc) is 3.19. The molecule has 3 atom stereocenters. The van der Waals surface area contributed by atoms with E-state index >= 15 is 0 Å². The number of nitrogens with one attached hydrogen (secondary N) is 1.